The van der Waals surface area contributed by atoms with Crippen LogP contribution in [0.4, 0.5) is 0 Å². The maximum atomic E-state index is 10.5. The first-order chi connectivity index (χ1) is 6.27. The molecule has 13 heavy (non-hydrogen) atoms. The van der Waals surface area contributed by atoms with Gasteiger partial charge >= 0.3 is 0 Å². The van der Waals surface area contributed by atoms with Crippen molar-refractivity contribution in [2.24, 2.45) is 5.92 Å². The second kappa shape index (κ2) is 3.56. The Morgan fingerprint density at radius 1 is 1.38 bits per heavy atom. The smallest absolute Gasteiger partial charge is 0.0960 e. The summed E-state index contributed by atoms with van der Waals surface area (Å²) in [7, 11) is 1.72. The van der Waals surface area contributed by atoms with Gasteiger partial charge in [0, 0.05) is 26.1 Å². The summed E-state index contributed by atoms with van der Waals surface area (Å²) in [5, 5.41) is 13.7. The van der Waals surface area contributed by atoms with Crippen molar-refractivity contribution in [1.29, 1.82) is 0 Å². The van der Waals surface area contributed by atoms with Crippen LogP contribution in [0.15, 0.2) is 0 Å². The third-order valence-corrected chi connectivity index (χ3v) is 3.62. The number of aliphatic hydroxyl groups is 1. The van der Waals surface area contributed by atoms with E-state index in [0.29, 0.717) is 5.92 Å². The van der Waals surface area contributed by atoms with Gasteiger partial charge in [-0.3, -0.25) is 0 Å². The summed E-state index contributed by atoms with van der Waals surface area (Å²) in [6.07, 6.45) is 4.34. The van der Waals surface area contributed by atoms with E-state index in [1.807, 2.05) is 0 Å². The molecule has 1 aliphatic carbocycles. The van der Waals surface area contributed by atoms with Gasteiger partial charge in [0.1, 0.15) is 0 Å². The van der Waals surface area contributed by atoms with Gasteiger partial charge < -0.3 is 15.2 Å². The largest absolute Gasteiger partial charge is 0.387 e. The van der Waals surface area contributed by atoms with Crippen LogP contribution in [0.2, 0.25) is 0 Å². The van der Waals surface area contributed by atoms with E-state index in [1.54, 1.807) is 7.11 Å². The van der Waals surface area contributed by atoms with Gasteiger partial charge in [-0.15, -0.1) is 0 Å². The van der Waals surface area contributed by atoms with Crippen LogP contribution in [0.1, 0.15) is 25.7 Å². The molecule has 2 unspecified atom stereocenters. The van der Waals surface area contributed by atoms with Crippen LogP contribution in [0.25, 0.3) is 0 Å². The Bertz CT molecular complexity index is 182. The van der Waals surface area contributed by atoms with Crippen molar-refractivity contribution in [2.75, 3.05) is 20.2 Å². The summed E-state index contributed by atoms with van der Waals surface area (Å²) in [6, 6.07) is 0. The molecule has 0 aromatic rings. The molecule has 1 aliphatic heterocycles. The van der Waals surface area contributed by atoms with Gasteiger partial charge in [-0.05, 0) is 12.8 Å². The van der Waals surface area contributed by atoms with Crippen LogP contribution in [-0.2, 0) is 4.74 Å². The third kappa shape index (κ3) is 1.49. The Balaban J connectivity index is 2.06. The number of ether oxygens (including phenoxy) is 1. The van der Waals surface area contributed by atoms with Crippen molar-refractivity contribution < 1.29 is 9.84 Å². The molecule has 2 N–H and O–H groups in total. The Morgan fingerprint density at radius 3 is 2.69 bits per heavy atom. The SMILES string of the molecule is COC1CCCCC1(O)C1CNC1. The monoisotopic (exact) mass is 185 g/mol. The van der Waals surface area contributed by atoms with Crippen LogP contribution < -0.4 is 5.32 Å². The molecule has 0 spiro atoms. The highest BCUT2D eigenvalue weighted by Crippen LogP contribution is 2.37. The molecule has 0 radical (unpaired) electrons. The maximum Gasteiger partial charge on any atom is 0.0960 e. The molecule has 0 bridgehead atoms. The molecule has 2 fully saturated rings. The average Bonchev–Trinajstić information content (AvgIpc) is 2.01. The molecule has 76 valence electrons. The van der Waals surface area contributed by atoms with Crippen molar-refractivity contribution in [1.82, 2.24) is 5.32 Å². The minimum Gasteiger partial charge on any atom is -0.387 e. The van der Waals surface area contributed by atoms with Crippen LogP contribution in [-0.4, -0.2) is 37.0 Å². The van der Waals surface area contributed by atoms with Crippen molar-refractivity contribution in [2.45, 2.75) is 37.4 Å². The second-order valence-corrected chi connectivity index (χ2v) is 4.32. The fourth-order valence-electron chi connectivity index (χ4n) is 2.58. The summed E-state index contributed by atoms with van der Waals surface area (Å²) in [5.74, 6) is 0.415. The molecule has 3 heteroatoms. The lowest BCUT2D eigenvalue weighted by Crippen LogP contribution is -2.62. The summed E-state index contributed by atoms with van der Waals surface area (Å²) < 4.78 is 5.39. The molecule has 2 rings (SSSR count). The molecule has 1 saturated carbocycles. The lowest BCUT2D eigenvalue weighted by molar-refractivity contribution is -0.158. The van der Waals surface area contributed by atoms with Gasteiger partial charge in [0.2, 0.25) is 0 Å². The van der Waals surface area contributed by atoms with Crippen LogP contribution >= 0.6 is 0 Å². The first-order valence-electron chi connectivity index (χ1n) is 5.23. The van der Waals surface area contributed by atoms with E-state index in [4.69, 9.17) is 4.74 Å². The second-order valence-electron chi connectivity index (χ2n) is 4.32. The zero-order valence-corrected chi connectivity index (χ0v) is 8.25. The quantitative estimate of drug-likeness (QED) is 0.659. The molecular weight excluding hydrogens is 166 g/mol. The Morgan fingerprint density at radius 2 is 2.15 bits per heavy atom. The van der Waals surface area contributed by atoms with E-state index in [0.717, 1.165) is 32.4 Å². The van der Waals surface area contributed by atoms with Crippen LogP contribution in [0, 0.1) is 5.92 Å². The fraction of sp³-hybridized carbons (Fsp3) is 1.00. The molecule has 2 aliphatic rings. The van der Waals surface area contributed by atoms with Gasteiger partial charge in [0.15, 0.2) is 0 Å². The van der Waals surface area contributed by atoms with E-state index in [-0.39, 0.29) is 6.10 Å². The van der Waals surface area contributed by atoms with E-state index in [9.17, 15) is 5.11 Å². The van der Waals surface area contributed by atoms with E-state index >= 15 is 0 Å². The Labute approximate surface area is 79.5 Å². The number of nitrogens with one attached hydrogen (secondary N) is 1. The molecule has 1 heterocycles. The zero-order chi connectivity index (χ0) is 9.31. The third-order valence-electron chi connectivity index (χ3n) is 3.62. The Hall–Kier alpha value is -0.120. The average molecular weight is 185 g/mol. The predicted molar refractivity (Wildman–Crippen MR) is 50.6 cm³/mol. The van der Waals surface area contributed by atoms with Crippen LogP contribution in [0.5, 0.6) is 0 Å². The summed E-state index contributed by atoms with van der Waals surface area (Å²) in [6.45, 7) is 1.91. The summed E-state index contributed by atoms with van der Waals surface area (Å²) in [5.41, 5.74) is -0.543. The molecule has 2 atom stereocenters. The van der Waals surface area contributed by atoms with Crippen molar-refractivity contribution >= 4 is 0 Å². The van der Waals surface area contributed by atoms with Gasteiger partial charge in [0.25, 0.3) is 0 Å². The minimum atomic E-state index is -0.543. The van der Waals surface area contributed by atoms with Crippen molar-refractivity contribution in [3.63, 3.8) is 0 Å². The lowest BCUT2D eigenvalue weighted by Gasteiger charge is -2.48. The number of methoxy groups -OCH3 is 1. The van der Waals surface area contributed by atoms with E-state index in [1.165, 1.54) is 6.42 Å². The predicted octanol–water partition coefficient (Wildman–Crippen LogP) is 0.526. The summed E-state index contributed by atoms with van der Waals surface area (Å²) >= 11 is 0. The lowest BCUT2D eigenvalue weighted by atomic mass is 9.71. The molecule has 0 aromatic heterocycles. The number of hydrogen-bond donors (Lipinski definition) is 2. The zero-order valence-electron chi connectivity index (χ0n) is 8.25. The van der Waals surface area contributed by atoms with E-state index < -0.39 is 5.60 Å². The van der Waals surface area contributed by atoms with Crippen molar-refractivity contribution in [3.8, 4) is 0 Å². The highest BCUT2D eigenvalue weighted by atomic mass is 16.5. The standard InChI is InChI=1S/C10H19NO2/c1-13-9-4-2-3-5-10(9,12)8-6-11-7-8/h8-9,11-12H,2-7H2,1H3. The number of hydrogen-bond acceptors (Lipinski definition) is 3. The van der Waals surface area contributed by atoms with Crippen LogP contribution in [0.3, 0.4) is 0 Å². The molecular formula is C10H19NO2. The van der Waals surface area contributed by atoms with Gasteiger partial charge in [-0.1, -0.05) is 12.8 Å². The first kappa shape index (κ1) is 9.44. The summed E-state index contributed by atoms with van der Waals surface area (Å²) in [4.78, 5) is 0. The van der Waals surface area contributed by atoms with Gasteiger partial charge in [0.05, 0.1) is 11.7 Å². The van der Waals surface area contributed by atoms with Gasteiger partial charge in [-0.25, -0.2) is 0 Å². The van der Waals surface area contributed by atoms with Crippen molar-refractivity contribution in [3.05, 3.63) is 0 Å². The topological polar surface area (TPSA) is 41.5 Å². The fourth-order valence-corrected chi connectivity index (χ4v) is 2.58. The van der Waals surface area contributed by atoms with E-state index in [2.05, 4.69) is 5.32 Å². The molecule has 3 nitrogen and oxygen atoms in total. The highest BCUT2D eigenvalue weighted by molar-refractivity contribution is 5.01. The normalized spacial score (nSPS) is 41.5. The molecule has 0 aromatic carbocycles. The molecule has 0 amide bonds. The maximum absolute atomic E-state index is 10.5. The highest BCUT2D eigenvalue weighted by Gasteiger charge is 2.47. The van der Waals surface area contributed by atoms with Gasteiger partial charge in [-0.2, -0.15) is 0 Å². The Kier molecular flexibility index (Phi) is 2.58. The molecule has 1 saturated heterocycles. The first-order valence-corrected chi connectivity index (χ1v) is 5.23. The number of rotatable bonds is 2. The minimum absolute atomic E-state index is 0.0633.